The summed E-state index contributed by atoms with van der Waals surface area (Å²) in [6.45, 7) is 2.95. The fraction of sp³-hybridized carbons (Fsp3) is 0.500. The maximum absolute atomic E-state index is 12.3. The largest absolute Gasteiger partial charge is 0.478 e. The van der Waals surface area contributed by atoms with Crippen molar-refractivity contribution in [1.29, 1.82) is 0 Å². The van der Waals surface area contributed by atoms with Crippen LogP contribution in [0.25, 0.3) is 11.0 Å². The van der Waals surface area contributed by atoms with Crippen molar-refractivity contribution in [3.63, 3.8) is 0 Å². The highest BCUT2D eigenvalue weighted by Crippen LogP contribution is 2.35. The maximum atomic E-state index is 12.3. The highest BCUT2D eigenvalue weighted by Gasteiger charge is 2.25. The minimum absolute atomic E-state index is 0.171. The summed E-state index contributed by atoms with van der Waals surface area (Å²) in [6.07, 6.45) is 3.80. The summed E-state index contributed by atoms with van der Waals surface area (Å²) in [4.78, 5) is 14.5. The van der Waals surface area contributed by atoms with E-state index >= 15 is 0 Å². The highest BCUT2D eigenvalue weighted by atomic mass is 16.5. The minimum Gasteiger partial charge on any atom is -0.478 e. The van der Waals surface area contributed by atoms with E-state index in [1.807, 2.05) is 12.1 Å². The number of methoxy groups -OCH3 is 1. The van der Waals surface area contributed by atoms with Crippen molar-refractivity contribution in [3.8, 4) is 5.75 Å². The molecular formula is C18H21NO4. The average Bonchev–Trinajstić information content (AvgIpc) is 3.06. The normalized spacial score (nSPS) is 17.1. The lowest BCUT2D eigenvalue weighted by Gasteiger charge is -2.29. The fourth-order valence-electron chi connectivity index (χ4n) is 3.68. The summed E-state index contributed by atoms with van der Waals surface area (Å²) in [5.74, 6) is 0.835. The molecule has 0 fully saturated rings. The lowest BCUT2D eigenvalue weighted by molar-refractivity contribution is 0.0837. The number of fused-ring (bicyclic) bond motifs is 5. The van der Waals surface area contributed by atoms with Crippen molar-refractivity contribution in [2.24, 2.45) is 0 Å². The molecule has 5 heteroatoms. The van der Waals surface area contributed by atoms with Gasteiger partial charge in [0.15, 0.2) is 0 Å². The summed E-state index contributed by atoms with van der Waals surface area (Å²) in [5.41, 5.74) is 3.58. The molecule has 2 heterocycles. The van der Waals surface area contributed by atoms with Gasteiger partial charge in [0.05, 0.1) is 5.56 Å². The zero-order valence-electron chi connectivity index (χ0n) is 13.4. The Bertz CT molecular complexity index is 796. The summed E-state index contributed by atoms with van der Waals surface area (Å²) in [5, 5.41) is 1.08. The van der Waals surface area contributed by atoms with E-state index in [1.165, 1.54) is 5.56 Å². The van der Waals surface area contributed by atoms with Crippen molar-refractivity contribution < 1.29 is 13.9 Å². The lowest BCUT2D eigenvalue weighted by Crippen LogP contribution is -2.33. The molecule has 2 aromatic rings. The van der Waals surface area contributed by atoms with Crippen LogP contribution in [-0.4, -0.2) is 31.9 Å². The Morgan fingerprint density at radius 2 is 2.09 bits per heavy atom. The van der Waals surface area contributed by atoms with Crippen molar-refractivity contribution >= 4 is 11.0 Å². The zero-order chi connectivity index (χ0) is 15.8. The number of nitrogens with zero attached hydrogens (tertiary/aromatic N) is 1. The number of hydrogen-bond donors (Lipinski definition) is 0. The second kappa shape index (κ2) is 5.98. The van der Waals surface area contributed by atoms with Gasteiger partial charge in [-0.05, 0) is 43.4 Å². The van der Waals surface area contributed by atoms with E-state index in [2.05, 4.69) is 4.90 Å². The highest BCUT2D eigenvalue weighted by molar-refractivity contribution is 5.86. The summed E-state index contributed by atoms with van der Waals surface area (Å²) in [7, 11) is 1.71. The Hall–Kier alpha value is -1.85. The molecule has 0 atom stereocenters. The van der Waals surface area contributed by atoms with Gasteiger partial charge in [0, 0.05) is 37.8 Å². The summed E-state index contributed by atoms with van der Waals surface area (Å²) in [6, 6.07) is 4.06. The van der Waals surface area contributed by atoms with Crippen molar-refractivity contribution in [2.75, 3.05) is 27.0 Å². The Morgan fingerprint density at radius 1 is 1.22 bits per heavy atom. The van der Waals surface area contributed by atoms with Crippen LogP contribution in [0.15, 0.2) is 21.3 Å². The van der Waals surface area contributed by atoms with E-state index in [4.69, 9.17) is 13.9 Å². The van der Waals surface area contributed by atoms with Gasteiger partial charge < -0.3 is 13.9 Å². The molecule has 0 unspecified atom stereocenters. The molecular weight excluding hydrogens is 294 g/mol. The van der Waals surface area contributed by atoms with Crippen LogP contribution in [-0.2, 0) is 24.1 Å². The van der Waals surface area contributed by atoms with Gasteiger partial charge in [-0.25, -0.2) is 4.79 Å². The molecule has 0 radical (unpaired) electrons. The van der Waals surface area contributed by atoms with Gasteiger partial charge >= 0.3 is 5.63 Å². The Balaban J connectivity index is 1.74. The third kappa shape index (κ3) is 2.54. The molecule has 0 bridgehead atoms. The van der Waals surface area contributed by atoms with Gasteiger partial charge in [0.2, 0.25) is 0 Å². The fourth-order valence-corrected chi connectivity index (χ4v) is 3.68. The molecule has 1 aromatic heterocycles. The van der Waals surface area contributed by atoms with Crippen molar-refractivity contribution in [2.45, 2.75) is 32.2 Å². The van der Waals surface area contributed by atoms with Gasteiger partial charge in [0.1, 0.15) is 18.1 Å². The van der Waals surface area contributed by atoms with Crippen LogP contribution >= 0.6 is 0 Å². The lowest BCUT2D eigenvalue weighted by atomic mass is 10.0. The molecule has 1 aromatic carbocycles. The van der Waals surface area contributed by atoms with E-state index in [-0.39, 0.29) is 5.63 Å². The molecule has 0 saturated heterocycles. The SMILES string of the molecule is COCCCN1COc2ccc3c4c(c(=O)oc3c2C1)CCC4. The average molecular weight is 315 g/mol. The second-order valence-electron chi connectivity index (χ2n) is 6.29. The predicted molar refractivity (Wildman–Crippen MR) is 86.9 cm³/mol. The van der Waals surface area contributed by atoms with E-state index in [0.717, 1.165) is 67.6 Å². The molecule has 5 nitrogen and oxygen atoms in total. The predicted octanol–water partition coefficient (Wildman–Crippen LogP) is 2.47. The van der Waals surface area contributed by atoms with Crippen LogP contribution in [0.3, 0.4) is 0 Å². The molecule has 0 amide bonds. The molecule has 0 spiro atoms. The quantitative estimate of drug-likeness (QED) is 0.641. The van der Waals surface area contributed by atoms with Crippen molar-refractivity contribution in [3.05, 3.63) is 39.2 Å². The Labute approximate surface area is 134 Å². The first kappa shape index (κ1) is 14.7. The zero-order valence-corrected chi connectivity index (χ0v) is 13.4. The second-order valence-corrected chi connectivity index (χ2v) is 6.29. The minimum atomic E-state index is -0.171. The Morgan fingerprint density at radius 3 is 2.96 bits per heavy atom. The molecule has 4 rings (SSSR count). The molecule has 122 valence electrons. The number of benzene rings is 1. The van der Waals surface area contributed by atoms with Crippen LogP contribution in [0.2, 0.25) is 0 Å². The van der Waals surface area contributed by atoms with Crippen molar-refractivity contribution in [1.82, 2.24) is 4.90 Å². The molecule has 1 aliphatic heterocycles. The van der Waals surface area contributed by atoms with Gasteiger partial charge in [-0.3, -0.25) is 4.90 Å². The summed E-state index contributed by atoms with van der Waals surface area (Å²) >= 11 is 0. The van der Waals surface area contributed by atoms with Crippen LogP contribution in [0.5, 0.6) is 5.75 Å². The Kier molecular flexibility index (Phi) is 3.83. The van der Waals surface area contributed by atoms with E-state index in [0.29, 0.717) is 12.3 Å². The first-order valence-electron chi connectivity index (χ1n) is 8.22. The van der Waals surface area contributed by atoms with Crippen LogP contribution < -0.4 is 10.4 Å². The van der Waals surface area contributed by atoms with E-state index in [9.17, 15) is 4.79 Å². The first-order chi connectivity index (χ1) is 11.3. The van der Waals surface area contributed by atoms with Gasteiger partial charge in [-0.2, -0.15) is 0 Å². The topological polar surface area (TPSA) is 51.9 Å². The number of ether oxygens (including phenoxy) is 2. The number of rotatable bonds is 4. The monoisotopic (exact) mass is 315 g/mol. The summed E-state index contributed by atoms with van der Waals surface area (Å²) < 4.78 is 16.7. The smallest absolute Gasteiger partial charge is 0.339 e. The van der Waals surface area contributed by atoms with Crippen LogP contribution in [0.4, 0.5) is 0 Å². The molecule has 23 heavy (non-hydrogen) atoms. The van der Waals surface area contributed by atoms with E-state index in [1.54, 1.807) is 7.11 Å². The third-order valence-corrected chi connectivity index (χ3v) is 4.81. The molecule has 0 saturated carbocycles. The van der Waals surface area contributed by atoms with Gasteiger partial charge in [-0.1, -0.05) is 0 Å². The molecule has 1 aliphatic carbocycles. The molecule has 2 aliphatic rings. The number of aryl methyl sites for hydroxylation is 1. The third-order valence-electron chi connectivity index (χ3n) is 4.81. The standard InChI is InChI=1S/C18H21NO4/c1-21-9-3-8-19-10-15-16(22-11-19)7-6-13-12-4-2-5-14(12)18(20)23-17(13)15/h6-7H,2-5,8-11H2,1H3. The van der Waals surface area contributed by atoms with Crippen LogP contribution in [0, 0.1) is 0 Å². The van der Waals surface area contributed by atoms with Gasteiger partial charge in [-0.15, -0.1) is 0 Å². The maximum Gasteiger partial charge on any atom is 0.339 e. The molecule has 0 N–H and O–H groups in total. The number of hydrogen-bond acceptors (Lipinski definition) is 5. The first-order valence-corrected chi connectivity index (χ1v) is 8.22. The van der Waals surface area contributed by atoms with E-state index < -0.39 is 0 Å². The van der Waals surface area contributed by atoms with Crippen LogP contribution in [0.1, 0.15) is 29.5 Å². The van der Waals surface area contributed by atoms with Gasteiger partial charge in [0.25, 0.3) is 0 Å².